The minimum atomic E-state index is -0.712. The monoisotopic (exact) mass is 420 g/mol. The summed E-state index contributed by atoms with van der Waals surface area (Å²) >= 11 is 0. The molecule has 29 heavy (non-hydrogen) atoms. The summed E-state index contributed by atoms with van der Waals surface area (Å²) in [6.45, 7) is 5.48. The van der Waals surface area contributed by atoms with Gasteiger partial charge in [-0.3, -0.25) is 4.21 Å². The third kappa shape index (κ3) is 6.98. The predicted molar refractivity (Wildman–Crippen MR) is 120 cm³/mol. The van der Waals surface area contributed by atoms with Crippen LogP contribution in [0.4, 0.5) is 0 Å². The van der Waals surface area contributed by atoms with Gasteiger partial charge in [0.05, 0.1) is 6.54 Å². The van der Waals surface area contributed by atoms with Crippen LogP contribution in [0.15, 0.2) is 23.3 Å². The van der Waals surface area contributed by atoms with Crippen LogP contribution in [0.2, 0.25) is 0 Å². The first-order valence-corrected chi connectivity index (χ1v) is 12.6. The average molecular weight is 421 g/mol. The van der Waals surface area contributed by atoms with Gasteiger partial charge >= 0.3 is 0 Å². The van der Waals surface area contributed by atoms with Crippen molar-refractivity contribution in [3.8, 4) is 5.88 Å². The Morgan fingerprint density at radius 2 is 2.07 bits per heavy atom. The van der Waals surface area contributed by atoms with Gasteiger partial charge < -0.3 is 15.4 Å². The number of hydrogen-bond acceptors (Lipinski definition) is 4. The third-order valence-electron chi connectivity index (χ3n) is 5.78. The SMILES string of the molecule is CCNC(=NCc1ccnc(OC2CCCC2)c1)NC1CCCC(S(=O)CC)C1. The summed E-state index contributed by atoms with van der Waals surface area (Å²) in [6.07, 6.45) is 11.1. The van der Waals surface area contributed by atoms with Gasteiger partial charge in [-0.05, 0) is 63.5 Å². The average Bonchev–Trinajstić information content (AvgIpc) is 3.25. The van der Waals surface area contributed by atoms with Crippen LogP contribution in [0, 0.1) is 0 Å². The van der Waals surface area contributed by atoms with Crippen LogP contribution in [-0.2, 0) is 17.3 Å². The second kappa shape index (κ2) is 11.5. The number of rotatable bonds is 8. The highest BCUT2D eigenvalue weighted by Gasteiger charge is 2.26. The van der Waals surface area contributed by atoms with E-state index in [0.29, 0.717) is 29.8 Å². The molecule has 1 aromatic rings. The molecule has 3 atom stereocenters. The summed E-state index contributed by atoms with van der Waals surface area (Å²) in [6, 6.07) is 4.34. The van der Waals surface area contributed by atoms with E-state index in [1.807, 2.05) is 19.1 Å². The summed E-state index contributed by atoms with van der Waals surface area (Å²) in [5.41, 5.74) is 1.10. The molecule has 0 amide bonds. The number of ether oxygens (including phenoxy) is 1. The molecule has 0 bridgehead atoms. The Morgan fingerprint density at radius 1 is 1.24 bits per heavy atom. The number of nitrogens with zero attached hydrogens (tertiary/aromatic N) is 2. The van der Waals surface area contributed by atoms with Crippen molar-refractivity contribution in [2.75, 3.05) is 12.3 Å². The van der Waals surface area contributed by atoms with E-state index in [4.69, 9.17) is 9.73 Å². The Morgan fingerprint density at radius 3 is 2.83 bits per heavy atom. The number of aliphatic imine (C=N–C) groups is 1. The zero-order chi connectivity index (χ0) is 20.5. The molecule has 3 rings (SSSR count). The van der Waals surface area contributed by atoms with Crippen molar-refractivity contribution in [2.45, 2.75) is 89.2 Å². The van der Waals surface area contributed by atoms with Crippen molar-refractivity contribution in [1.29, 1.82) is 0 Å². The van der Waals surface area contributed by atoms with E-state index < -0.39 is 10.8 Å². The van der Waals surface area contributed by atoms with Crippen LogP contribution in [0.25, 0.3) is 0 Å². The molecule has 7 heteroatoms. The van der Waals surface area contributed by atoms with E-state index in [-0.39, 0.29) is 0 Å². The van der Waals surface area contributed by atoms with Crippen molar-refractivity contribution in [1.82, 2.24) is 15.6 Å². The zero-order valence-electron chi connectivity index (χ0n) is 17.9. The molecule has 6 nitrogen and oxygen atoms in total. The second-order valence-electron chi connectivity index (χ2n) is 8.02. The standard InChI is InChI=1S/C22H36N4O2S/c1-3-23-22(26-18-8-7-11-20(15-18)29(27)4-2)25-16-17-12-13-24-21(14-17)28-19-9-5-6-10-19/h12-14,18-20H,3-11,15-16H2,1-2H3,(H2,23,25,26). The lowest BCUT2D eigenvalue weighted by Crippen LogP contribution is -2.46. The summed E-state index contributed by atoms with van der Waals surface area (Å²) < 4.78 is 18.2. The van der Waals surface area contributed by atoms with Gasteiger partial charge in [0.2, 0.25) is 5.88 Å². The van der Waals surface area contributed by atoms with Gasteiger partial charge in [-0.1, -0.05) is 13.3 Å². The number of hydrogen-bond donors (Lipinski definition) is 2. The fourth-order valence-electron chi connectivity index (χ4n) is 4.22. The smallest absolute Gasteiger partial charge is 0.213 e. The molecule has 1 heterocycles. The van der Waals surface area contributed by atoms with E-state index in [9.17, 15) is 4.21 Å². The van der Waals surface area contributed by atoms with E-state index in [1.165, 1.54) is 12.8 Å². The molecule has 2 aliphatic rings. The molecule has 0 spiro atoms. The highest BCUT2D eigenvalue weighted by molar-refractivity contribution is 7.85. The minimum absolute atomic E-state index is 0.310. The highest BCUT2D eigenvalue weighted by Crippen LogP contribution is 2.24. The van der Waals surface area contributed by atoms with E-state index in [0.717, 1.165) is 62.3 Å². The molecule has 0 saturated heterocycles. The first kappa shape index (κ1) is 22.1. The number of guanidine groups is 1. The van der Waals surface area contributed by atoms with Crippen molar-refractivity contribution in [3.63, 3.8) is 0 Å². The molecular formula is C22H36N4O2S. The van der Waals surface area contributed by atoms with E-state index >= 15 is 0 Å². The Bertz CT molecular complexity index is 691. The van der Waals surface area contributed by atoms with E-state index in [2.05, 4.69) is 22.5 Å². The van der Waals surface area contributed by atoms with Crippen molar-refractivity contribution in [2.24, 2.45) is 4.99 Å². The van der Waals surface area contributed by atoms with Crippen LogP contribution >= 0.6 is 0 Å². The first-order chi connectivity index (χ1) is 14.2. The summed E-state index contributed by atoms with van der Waals surface area (Å²) in [5.74, 6) is 2.29. The topological polar surface area (TPSA) is 75.6 Å². The molecule has 162 valence electrons. The normalized spacial score (nSPS) is 24.3. The molecular weight excluding hydrogens is 384 g/mol. The minimum Gasteiger partial charge on any atom is -0.474 e. The second-order valence-corrected chi connectivity index (χ2v) is 10.0. The Labute approximate surface area is 177 Å². The van der Waals surface area contributed by atoms with Gasteiger partial charge in [0.1, 0.15) is 6.10 Å². The Kier molecular flexibility index (Phi) is 8.77. The fourth-order valence-corrected chi connectivity index (χ4v) is 5.57. The third-order valence-corrected chi connectivity index (χ3v) is 7.52. The number of pyridine rings is 1. The number of aromatic nitrogens is 1. The molecule has 1 aromatic heterocycles. The zero-order valence-corrected chi connectivity index (χ0v) is 18.7. The maximum atomic E-state index is 12.2. The van der Waals surface area contributed by atoms with E-state index in [1.54, 1.807) is 6.20 Å². The molecule has 2 saturated carbocycles. The van der Waals surface area contributed by atoms with Crippen LogP contribution in [-0.4, -0.2) is 44.8 Å². The molecule has 2 aliphatic carbocycles. The van der Waals surface area contributed by atoms with Crippen molar-refractivity contribution >= 4 is 16.8 Å². The Balaban J connectivity index is 1.58. The summed E-state index contributed by atoms with van der Waals surface area (Å²) in [4.78, 5) is 9.14. The van der Waals surface area contributed by atoms with Gasteiger partial charge in [-0.25, -0.2) is 9.98 Å². The van der Waals surface area contributed by atoms with Crippen LogP contribution < -0.4 is 15.4 Å². The molecule has 3 unspecified atom stereocenters. The Hall–Kier alpha value is -1.63. The van der Waals surface area contributed by atoms with Crippen LogP contribution in [0.1, 0.15) is 70.8 Å². The van der Waals surface area contributed by atoms with Gasteiger partial charge in [-0.2, -0.15) is 0 Å². The van der Waals surface area contributed by atoms with Gasteiger partial charge in [0.25, 0.3) is 0 Å². The van der Waals surface area contributed by atoms with Crippen molar-refractivity contribution < 1.29 is 8.95 Å². The number of nitrogens with one attached hydrogen (secondary N) is 2. The van der Waals surface area contributed by atoms with Gasteiger partial charge in [-0.15, -0.1) is 0 Å². The lowest BCUT2D eigenvalue weighted by atomic mass is 9.95. The van der Waals surface area contributed by atoms with Crippen LogP contribution in [0.5, 0.6) is 5.88 Å². The quantitative estimate of drug-likeness (QED) is 0.497. The lowest BCUT2D eigenvalue weighted by Gasteiger charge is -2.30. The molecule has 0 aromatic carbocycles. The maximum absolute atomic E-state index is 12.2. The maximum Gasteiger partial charge on any atom is 0.213 e. The molecule has 0 aliphatic heterocycles. The highest BCUT2D eigenvalue weighted by atomic mass is 32.2. The largest absolute Gasteiger partial charge is 0.474 e. The summed E-state index contributed by atoms with van der Waals surface area (Å²) in [7, 11) is -0.712. The van der Waals surface area contributed by atoms with Gasteiger partial charge in [0, 0.05) is 46.7 Å². The molecule has 0 radical (unpaired) electrons. The van der Waals surface area contributed by atoms with Crippen molar-refractivity contribution in [3.05, 3.63) is 23.9 Å². The first-order valence-electron chi connectivity index (χ1n) is 11.2. The van der Waals surface area contributed by atoms with Crippen LogP contribution in [0.3, 0.4) is 0 Å². The predicted octanol–water partition coefficient (Wildman–Crippen LogP) is 3.54. The fraction of sp³-hybridized carbons (Fsp3) is 0.727. The lowest BCUT2D eigenvalue weighted by molar-refractivity contribution is 0.201. The molecule has 2 fully saturated rings. The van der Waals surface area contributed by atoms with Gasteiger partial charge in [0.15, 0.2) is 5.96 Å². The summed E-state index contributed by atoms with van der Waals surface area (Å²) in [5, 5.41) is 7.22. The molecule has 2 N–H and O–H groups in total.